The number of sulfone groups is 1. The third-order valence-corrected chi connectivity index (χ3v) is 6.63. The predicted octanol–water partition coefficient (Wildman–Crippen LogP) is 1.76. The fraction of sp³-hybridized carbons (Fsp3) is 0.429. The lowest BCUT2D eigenvalue weighted by atomic mass is 10.2. The van der Waals surface area contributed by atoms with Gasteiger partial charge in [-0.05, 0) is 15.9 Å². The number of nitrogens with zero attached hydrogens (tertiary/aromatic N) is 3. The van der Waals surface area contributed by atoms with Crippen LogP contribution in [-0.4, -0.2) is 56.9 Å². The summed E-state index contributed by atoms with van der Waals surface area (Å²) in [4.78, 5) is 9.93. The van der Waals surface area contributed by atoms with Crippen LogP contribution in [0.5, 0.6) is 5.75 Å². The number of anilines is 1. The third-order valence-electron chi connectivity index (χ3n) is 4.45. The zero-order valence-electron chi connectivity index (χ0n) is 13.2. The maximum Gasteiger partial charge on any atom is 0.249 e. The maximum atomic E-state index is 14.8. The summed E-state index contributed by atoms with van der Waals surface area (Å²) in [6, 6.07) is -0.101. The largest absolute Gasteiger partial charge is 0.484 e. The Bertz CT molecular complexity index is 1020. The van der Waals surface area contributed by atoms with E-state index in [0.717, 1.165) is 6.26 Å². The van der Waals surface area contributed by atoms with E-state index in [1.165, 1.54) is 0 Å². The molecule has 25 heavy (non-hydrogen) atoms. The normalized spacial score (nSPS) is 22.7. The number of likely N-dealkylation sites (N-methyl/N-ethyl adjacent to an activating group) is 1. The van der Waals surface area contributed by atoms with Crippen molar-refractivity contribution in [3.8, 4) is 5.75 Å². The van der Waals surface area contributed by atoms with E-state index in [0.29, 0.717) is 13.1 Å². The van der Waals surface area contributed by atoms with Gasteiger partial charge in [0.05, 0.1) is 15.9 Å². The van der Waals surface area contributed by atoms with Crippen molar-refractivity contribution in [2.75, 3.05) is 31.3 Å². The number of fused-ring (bicyclic) bond motifs is 1. The molecular weight excluding hydrogens is 439 g/mol. The lowest BCUT2D eigenvalue weighted by molar-refractivity contribution is 0.208. The van der Waals surface area contributed by atoms with Crippen LogP contribution < -0.4 is 15.0 Å². The van der Waals surface area contributed by atoms with Gasteiger partial charge in [0.15, 0.2) is 11.6 Å². The molecule has 3 heterocycles. The van der Waals surface area contributed by atoms with Gasteiger partial charge in [0, 0.05) is 26.4 Å². The summed E-state index contributed by atoms with van der Waals surface area (Å²) in [5.74, 6) is -0.215. The van der Waals surface area contributed by atoms with Crippen molar-refractivity contribution in [3.05, 3.63) is 15.3 Å². The Morgan fingerprint density at radius 2 is 2.12 bits per heavy atom. The van der Waals surface area contributed by atoms with Gasteiger partial charge < -0.3 is 15.0 Å². The highest BCUT2D eigenvalue weighted by Gasteiger charge is 2.39. The van der Waals surface area contributed by atoms with Crippen LogP contribution in [0.3, 0.4) is 0 Å². The highest BCUT2D eigenvalue weighted by Crippen LogP contribution is 2.47. The van der Waals surface area contributed by atoms with E-state index in [2.05, 4.69) is 31.2 Å². The Balaban J connectivity index is 2.16. The van der Waals surface area contributed by atoms with Gasteiger partial charge in [-0.15, -0.1) is 0 Å². The lowest BCUT2D eigenvalue weighted by Crippen LogP contribution is -2.42. The first kappa shape index (κ1) is 17.2. The highest BCUT2D eigenvalue weighted by atomic mass is 79.9. The molecule has 0 saturated carbocycles. The van der Waals surface area contributed by atoms with E-state index in [1.807, 2.05) is 0 Å². The molecule has 0 spiro atoms. The van der Waals surface area contributed by atoms with Gasteiger partial charge in [0.25, 0.3) is 0 Å². The third kappa shape index (κ3) is 2.49. The van der Waals surface area contributed by atoms with Crippen molar-refractivity contribution < 1.29 is 17.5 Å². The van der Waals surface area contributed by atoms with E-state index in [-0.39, 0.29) is 44.1 Å². The summed E-state index contributed by atoms with van der Waals surface area (Å²) in [6.07, 6.45) is 0.747. The molecule has 2 atom stereocenters. The smallest absolute Gasteiger partial charge is 0.249 e. The minimum absolute atomic E-state index is 0.0205. The predicted molar refractivity (Wildman–Crippen MR) is 94.8 cm³/mol. The first-order valence-electron chi connectivity index (χ1n) is 7.38. The first-order chi connectivity index (χ1) is 11.7. The lowest BCUT2D eigenvalue weighted by Gasteiger charge is -2.27. The van der Waals surface area contributed by atoms with Gasteiger partial charge >= 0.3 is 0 Å². The molecule has 1 N–H and O–H groups in total. The van der Waals surface area contributed by atoms with Crippen LogP contribution in [0.2, 0.25) is 5.02 Å². The Labute approximate surface area is 156 Å². The number of nitrogens with one attached hydrogen (secondary N) is 1. The zero-order valence-corrected chi connectivity index (χ0v) is 16.3. The average molecular weight is 452 g/mol. The summed E-state index contributed by atoms with van der Waals surface area (Å²) in [5, 5.41) is 3.12. The number of hydrogen-bond donors (Lipinski definition) is 1. The van der Waals surface area contributed by atoms with Crippen LogP contribution in [0.4, 0.5) is 10.2 Å². The highest BCUT2D eigenvalue weighted by molar-refractivity contribution is 9.10. The monoisotopic (exact) mass is 450 g/mol. The molecule has 7 nitrogen and oxygen atoms in total. The van der Waals surface area contributed by atoms with Crippen molar-refractivity contribution in [1.29, 1.82) is 0 Å². The van der Waals surface area contributed by atoms with Crippen LogP contribution in [0.25, 0.3) is 10.9 Å². The summed E-state index contributed by atoms with van der Waals surface area (Å²) in [6.45, 7) is 1.21. The summed E-state index contributed by atoms with van der Waals surface area (Å²) < 4.78 is 44.8. The Morgan fingerprint density at radius 1 is 1.40 bits per heavy atom. The van der Waals surface area contributed by atoms with Crippen molar-refractivity contribution in [2.24, 2.45) is 0 Å². The molecule has 0 amide bonds. The number of hydrogen-bond acceptors (Lipinski definition) is 7. The molecular formula is C14H13BrClFN4O3S. The Hall–Kier alpha value is -1.23. The number of rotatable bonds is 1. The molecule has 1 aromatic heterocycles. The Kier molecular flexibility index (Phi) is 3.87. The summed E-state index contributed by atoms with van der Waals surface area (Å²) in [5.41, 5.74) is -0.142. The van der Waals surface area contributed by atoms with E-state index < -0.39 is 20.8 Å². The molecule has 2 aromatic rings. The molecule has 2 aliphatic heterocycles. The van der Waals surface area contributed by atoms with Gasteiger partial charge in [-0.25, -0.2) is 22.8 Å². The van der Waals surface area contributed by atoms with Gasteiger partial charge in [0.1, 0.15) is 22.5 Å². The SMILES string of the molecule is CN1c2nc(S(C)(=O)=O)nc3c(F)c(Br)c(Cl)c(c23)OC2CNCC21. The quantitative estimate of drug-likeness (QED) is 0.522. The van der Waals surface area contributed by atoms with Gasteiger partial charge in [-0.1, -0.05) is 11.6 Å². The number of ether oxygens (including phenoxy) is 1. The molecule has 0 bridgehead atoms. The maximum absolute atomic E-state index is 14.8. The molecule has 4 rings (SSSR count). The van der Waals surface area contributed by atoms with Crippen molar-refractivity contribution in [3.63, 3.8) is 0 Å². The molecule has 1 aromatic carbocycles. The summed E-state index contributed by atoms with van der Waals surface area (Å²) >= 11 is 9.40. The topological polar surface area (TPSA) is 84.4 Å². The van der Waals surface area contributed by atoms with Crippen molar-refractivity contribution in [1.82, 2.24) is 15.3 Å². The number of benzene rings is 1. The average Bonchev–Trinajstić information content (AvgIpc) is 2.98. The standard InChI is InChI=1S/C14H13BrClFN4O3S/c1-21-5-3-18-4-6(5)24-12-7-11(10(17)8(15)9(12)16)19-14(20-13(7)21)25(2,22)23/h5-6,18H,3-4H2,1-2H3. The minimum atomic E-state index is -3.73. The minimum Gasteiger partial charge on any atom is -0.484 e. The van der Waals surface area contributed by atoms with Crippen LogP contribution in [-0.2, 0) is 9.84 Å². The fourth-order valence-electron chi connectivity index (χ4n) is 3.19. The molecule has 11 heteroatoms. The van der Waals surface area contributed by atoms with Crippen LogP contribution in [0.15, 0.2) is 9.63 Å². The number of aromatic nitrogens is 2. The Morgan fingerprint density at radius 3 is 2.80 bits per heavy atom. The van der Waals surface area contributed by atoms with Crippen molar-refractivity contribution in [2.45, 2.75) is 17.3 Å². The molecule has 0 aliphatic carbocycles. The van der Waals surface area contributed by atoms with E-state index >= 15 is 0 Å². The van der Waals surface area contributed by atoms with E-state index in [1.54, 1.807) is 11.9 Å². The zero-order chi connectivity index (χ0) is 18.1. The fourth-order valence-corrected chi connectivity index (χ4v) is 4.29. The van der Waals surface area contributed by atoms with Gasteiger partial charge in [0.2, 0.25) is 15.0 Å². The molecule has 2 unspecified atom stereocenters. The van der Waals surface area contributed by atoms with E-state index in [9.17, 15) is 12.8 Å². The second kappa shape index (κ2) is 5.63. The van der Waals surface area contributed by atoms with Crippen LogP contribution >= 0.6 is 27.5 Å². The second-order valence-electron chi connectivity index (χ2n) is 6.09. The van der Waals surface area contributed by atoms with Crippen LogP contribution in [0, 0.1) is 5.82 Å². The van der Waals surface area contributed by atoms with Gasteiger partial charge in [-0.3, -0.25) is 0 Å². The summed E-state index contributed by atoms with van der Waals surface area (Å²) in [7, 11) is -1.96. The molecule has 134 valence electrons. The molecule has 0 radical (unpaired) electrons. The van der Waals surface area contributed by atoms with E-state index in [4.69, 9.17) is 16.3 Å². The molecule has 1 saturated heterocycles. The van der Waals surface area contributed by atoms with Gasteiger partial charge in [-0.2, -0.15) is 0 Å². The van der Waals surface area contributed by atoms with Crippen molar-refractivity contribution >= 4 is 54.1 Å². The first-order valence-corrected chi connectivity index (χ1v) is 10.4. The molecule has 1 fully saturated rings. The van der Waals surface area contributed by atoms with Crippen LogP contribution in [0.1, 0.15) is 0 Å². The number of halogens is 3. The second-order valence-corrected chi connectivity index (χ2v) is 9.17. The molecule has 2 aliphatic rings.